The molecular weight excluding hydrogens is 340 g/mol. The highest BCUT2D eigenvalue weighted by molar-refractivity contribution is 9.10. The van der Waals surface area contributed by atoms with Gasteiger partial charge in [-0.15, -0.1) is 0 Å². The van der Waals surface area contributed by atoms with Gasteiger partial charge in [0.15, 0.2) is 0 Å². The first kappa shape index (κ1) is 13.3. The van der Waals surface area contributed by atoms with Crippen molar-refractivity contribution >= 4 is 32.3 Å². The number of nitrogens with zero attached hydrogens (tertiary/aromatic N) is 2. The summed E-state index contributed by atoms with van der Waals surface area (Å²) in [4.78, 5) is 4.71. The van der Waals surface area contributed by atoms with Crippen molar-refractivity contribution in [2.75, 3.05) is 7.11 Å². The predicted molar refractivity (Wildman–Crippen MR) is 92.4 cm³/mol. The highest BCUT2D eigenvalue weighted by Gasteiger charge is 2.15. The van der Waals surface area contributed by atoms with Crippen molar-refractivity contribution in [3.05, 3.63) is 65.3 Å². The Bertz CT molecular complexity index is 977. The van der Waals surface area contributed by atoms with Crippen molar-refractivity contribution in [2.24, 2.45) is 0 Å². The molecule has 0 amide bonds. The highest BCUT2D eigenvalue weighted by atomic mass is 79.9. The highest BCUT2D eigenvalue weighted by Crippen LogP contribution is 2.33. The predicted octanol–water partition coefficient (Wildman–Crippen LogP) is 4.93. The first-order valence-corrected chi connectivity index (χ1v) is 7.78. The zero-order chi connectivity index (χ0) is 15.1. The second kappa shape index (κ2) is 5.14. The van der Waals surface area contributed by atoms with Crippen LogP contribution in [0.1, 0.15) is 0 Å². The van der Waals surface area contributed by atoms with Crippen molar-refractivity contribution in [2.45, 2.75) is 0 Å². The molecule has 108 valence electrons. The smallest absolute Gasteiger partial charge is 0.146 e. The van der Waals surface area contributed by atoms with E-state index < -0.39 is 0 Å². The van der Waals surface area contributed by atoms with Crippen LogP contribution in [0.2, 0.25) is 0 Å². The summed E-state index contributed by atoms with van der Waals surface area (Å²) in [6.45, 7) is 0. The number of para-hydroxylation sites is 1. The van der Waals surface area contributed by atoms with Gasteiger partial charge in [0.25, 0.3) is 0 Å². The van der Waals surface area contributed by atoms with E-state index in [4.69, 9.17) is 9.72 Å². The molecule has 4 heteroatoms. The van der Waals surface area contributed by atoms with Gasteiger partial charge in [-0.2, -0.15) is 0 Å². The second-order valence-corrected chi connectivity index (χ2v) is 5.80. The number of aromatic nitrogens is 2. The number of benzene rings is 2. The SMILES string of the molecule is COc1cccc2ccc3c(Br)nc(-c4ccccc4)n3c12. The fraction of sp³-hybridized carbons (Fsp3) is 0.0556. The van der Waals surface area contributed by atoms with Crippen molar-refractivity contribution in [1.29, 1.82) is 0 Å². The van der Waals surface area contributed by atoms with Gasteiger partial charge in [-0.1, -0.05) is 48.5 Å². The third kappa shape index (κ3) is 1.91. The minimum absolute atomic E-state index is 0.833. The summed E-state index contributed by atoms with van der Waals surface area (Å²) in [5, 5.41) is 1.12. The van der Waals surface area contributed by atoms with Crippen molar-refractivity contribution < 1.29 is 4.74 Å². The Hall–Kier alpha value is -2.33. The van der Waals surface area contributed by atoms with Crippen molar-refractivity contribution in [1.82, 2.24) is 9.38 Å². The van der Waals surface area contributed by atoms with Crippen LogP contribution in [-0.4, -0.2) is 16.5 Å². The number of hydrogen-bond donors (Lipinski definition) is 0. The molecule has 0 aliphatic rings. The average Bonchev–Trinajstić information content (AvgIpc) is 2.92. The van der Waals surface area contributed by atoms with Crippen molar-refractivity contribution in [3.63, 3.8) is 0 Å². The Morgan fingerprint density at radius 2 is 1.77 bits per heavy atom. The number of pyridine rings is 1. The molecule has 2 heterocycles. The van der Waals surface area contributed by atoms with E-state index in [9.17, 15) is 0 Å². The van der Waals surface area contributed by atoms with E-state index in [1.807, 2.05) is 30.3 Å². The Kier molecular flexibility index (Phi) is 3.12. The van der Waals surface area contributed by atoms with Gasteiger partial charge in [0.05, 0.1) is 18.1 Å². The fourth-order valence-electron chi connectivity index (χ4n) is 2.80. The lowest BCUT2D eigenvalue weighted by Crippen LogP contribution is -1.95. The lowest BCUT2D eigenvalue weighted by Gasteiger charge is -2.10. The number of hydrogen-bond acceptors (Lipinski definition) is 2. The minimum Gasteiger partial charge on any atom is -0.495 e. The molecule has 4 rings (SSSR count). The van der Waals surface area contributed by atoms with Crippen LogP contribution in [0.4, 0.5) is 0 Å². The Morgan fingerprint density at radius 1 is 0.955 bits per heavy atom. The molecular formula is C18H13BrN2O. The van der Waals surface area contributed by atoms with Crippen LogP contribution in [-0.2, 0) is 0 Å². The van der Waals surface area contributed by atoms with Gasteiger partial charge in [0, 0.05) is 10.9 Å². The summed E-state index contributed by atoms with van der Waals surface area (Å²) >= 11 is 3.57. The first-order valence-electron chi connectivity index (χ1n) is 6.98. The summed E-state index contributed by atoms with van der Waals surface area (Å²) in [7, 11) is 1.70. The number of fused-ring (bicyclic) bond motifs is 3. The number of halogens is 1. The molecule has 2 aromatic carbocycles. The van der Waals surface area contributed by atoms with E-state index in [0.29, 0.717) is 0 Å². The van der Waals surface area contributed by atoms with Crippen LogP contribution in [0.25, 0.3) is 27.8 Å². The molecule has 0 saturated carbocycles. The molecule has 0 aliphatic carbocycles. The second-order valence-electron chi connectivity index (χ2n) is 5.04. The third-order valence-electron chi connectivity index (χ3n) is 3.79. The molecule has 4 aromatic rings. The number of methoxy groups -OCH3 is 1. The lowest BCUT2D eigenvalue weighted by atomic mass is 10.1. The Balaban J connectivity index is 2.21. The van der Waals surface area contributed by atoms with E-state index in [2.05, 4.69) is 50.7 Å². The van der Waals surface area contributed by atoms with Crippen LogP contribution in [0.3, 0.4) is 0 Å². The molecule has 0 unspecified atom stereocenters. The van der Waals surface area contributed by atoms with Gasteiger partial charge < -0.3 is 4.74 Å². The van der Waals surface area contributed by atoms with Crippen molar-refractivity contribution in [3.8, 4) is 17.1 Å². The average molecular weight is 353 g/mol. The zero-order valence-corrected chi connectivity index (χ0v) is 13.5. The summed E-state index contributed by atoms with van der Waals surface area (Å²) in [5.74, 6) is 1.74. The number of ether oxygens (including phenoxy) is 1. The Morgan fingerprint density at radius 3 is 2.55 bits per heavy atom. The molecule has 0 saturated heterocycles. The number of imidazole rings is 1. The van der Waals surface area contributed by atoms with Gasteiger partial charge in [-0.3, -0.25) is 4.40 Å². The first-order chi connectivity index (χ1) is 10.8. The summed E-state index contributed by atoms with van der Waals surface area (Å²) in [5.41, 5.74) is 3.12. The standard InChI is InChI=1S/C18H13BrN2O/c1-22-15-9-5-8-12-10-11-14-17(19)20-18(21(14)16(12)15)13-6-3-2-4-7-13/h2-11H,1H3. The molecule has 3 nitrogen and oxygen atoms in total. The Labute approximate surface area is 136 Å². The van der Waals surface area contributed by atoms with E-state index in [-0.39, 0.29) is 0 Å². The fourth-order valence-corrected chi connectivity index (χ4v) is 3.28. The molecule has 22 heavy (non-hydrogen) atoms. The van der Waals surface area contributed by atoms with E-state index in [1.165, 1.54) is 0 Å². The summed E-state index contributed by atoms with van der Waals surface area (Å²) < 4.78 is 8.55. The van der Waals surface area contributed by atoms with Gasteiger partial charge in [0.1, 0.15) is 16.2 Å². The van der Waals surface area contributed by atoms with Crippen LogP contribution in [0, 0.1) is 0 Å². The molecule has 0 fully saturated rings. The molecule has 0 N–H and O–H groups in total. The van der Waals surface area contributed by atoms with Crippen LogP contribution in [0.15, 0.2) is 65.3 Å². The maximum Gasteiger partial charge on any atom is 0.146 e. The lowest BCUT2D eigenvalue weighted by molar-refractivity contribution is 0.418. The van der Waals surface area contributed by atoms with E-state index >= 15 is 0 Å². The normalized spacial score (nSPS) is 11.2. The zero-order valence-electron chi connectivity index (χ0n) is 12.0. The minimum atomic E-state index is 0.833. The summed E-state index contributed by atoms with van der Waals surface area (Å²) in [6, 6.07) is 20.4. The van der Waals surface area contributed by atoms with Gasteiger partial charge in [0.2, 0.25) is 0 Å². The maximum atomic E-state index is 5.57. The van der Waals surface area contributed by atoms with Gasteiger partial charge in [-0.05, 0) is 28.1 Å². The monoisotopic (exact) mass is 352 g/mol. The van der Waals surface area contributed by atoms with E-state index in [1.54, 1.807) is 7.11 Å². The largest absolute Gasteiger partial charge is 0.495 e. The molecule has 0 bridgehead atoms. The number of rotatable bonds is 2. The van der Waals surface area contributed by atoms with Crippen LogP contribution >= 0.6 is 15.9 Å². The molecule has 0 atom stereocenters. The van der Waals surface area contributed by atoms with Gasteiger partial charge >= 0.3 is 0 Å². The summed E-state index contributed by atoms with van der Waals surface area (Å²) in [6.07, 6.45) is 0. The maximum absolute atomic E-state index is 5.57. The van der Waals surface area contributed by atoms with Gasteiger partial charge in [-0.25, -0.2) is 4.98 Å². The third-order valence-corrected chi connectivity index (χ3v) is 4.38. The van der Waals surface area contributed by atoms with E-state index in [0.717, 1.165) is 38.2 Å². The van der Waals surface area contributed by atoms with Crippen LogP contribution < -0.4 is 4.74 Å². The molecule has 2 aromatic heterocycles. The topological polar surface area (TPSA) is 26.5 Å². The molecule has 0 spiro atoms. The molecule has 0 aliphatic heterocycles. The van der Waals surface area contributed by atoms with Crippen LogP contribution in [0.5, 0.6) is 5.75 Å². The quantitative estimate of drug-likeness (QED) is 0.511. The molecule has 0 radical (unpaired) electrons.